The Labute approximate surface area is 158 Å². The highest BCUT2D eigenvalue weighted by atomic mass is 16.5. The Kier molecular flexibility index (Phi) is 7.15. The van der Waals surface area contributed by atoms with Crippen molar-refractivity contribution >= 4 is 28.9 Å². The van der Waals surface area contributed by atoms with Crippen LogP contribution in [0.15, 0.2) is 29.8 Å². The third kappa shape index (κ3) is 4.74. The fourth-order valence-corrected chi connectivity index (χ4v) is 2.83. The topological polar surface area (TPSA) is 93.4 Å². The van der Waals surface area contributed by atoms with E-state index in [9.17, 15) is 14.9 Å². The van der Waals surface area contributed by atoms with E-state index in [-0.39, 0.29) is 18.1 Å². The number of carbonyl (C=O) groups excluding carboxylic acids is 2. The smallest absolute Gasteiger partial charge is 0.325 e. The lowest BCUT2D eigenvalue weighted by Gasteiger charge is -2.08. The highest BCUT2D eigenvalue weighted by molar-refractivity contribution is 6.04. The molecule has 1 aromatic carbocycles. The van der Waals surface area contributed by atoms with E-state index in [4.69, 9.17) is 9.47 Å². The fourth-order valence-electron chi connectivity index (χ4n) is 2.83. The van der Waals surface area contributed by atoms with Crippen LogP contribution in [-0.2, 0) is 25.6 Å². The zero-order valence-corrected chi connectivity index (χ0v) is 15.7. The molecular formula is C20H23N3O4. The summed E-state index contributed by atoms with van der Waals surface area (Å²) >= 11 is 0. The number of esters is 1. The van der Waals surface area contributed by atoms with E-state index in [1.54, 1.807) is 13.0 Å². The van der Waals surface area contributed by atoms with Gasteiger partial charge in [-0.15, -0.1) is 0 Å². The number of hydrogen-bond donors (Lipinski definition) is 1. The molecule has 0 aliphatic rings. The number of benzene rings is 1. The van der Waals surface area contributed by atoms with Crippen molar-refractivity contribution in [3.63, 3.8) is 0 Å². The van der Waals surface area contributed by atoms with Crippen LogP contribution in [0.5, 0.6) is 0 Å². The number of rotatable bonds is 8. The van der Waals surface area contributed by atoms with E-state index in [0.717, 1.165) is 22.2 Å². The summed E-state index contributed by atoms with van der Waals surface area (Å²) in [5, 5.41) is 12.9. The van der Waals surface area contributed by atoms with Gasteiger partial charge in [-0.3, -0.25) is 9.59 Å². The Bertz CT molecular complexity index is 906. The van der Waals surface area contributed by atoms with Crippen molar-refractivity contribution in [2.45, 2.75) is 20.4 Å². The Hall–Kier alpha value is -3.11. The molecule has 0 radical (unpaired) electrons. The minimum Gasteiger partial charge on any atom is -0.465 e. The molecule has 1 N–H and O–H groups in total. The normalized spacial score (nSPS) is 11.3. The second-order valence-electron chi connectivity index (χ2n) is 5.83. The van der Waals surface area contributed by atoms with Crippen LogP contribution in [-0.4, -0.2) is 43.3 Å². The Morgan fingerprint density at radius 1 is 1.33 bits per heavy atom. The standard InChI is InChI=1S/C20H23N3O4/c1-4-27-19(24)13-23-14(2)17(16-7-5-6-8-18(16)23)11-15(12-21)20(25)22-9-10-26-3/h5-8,11H,4,9-10,13H2,1-3H3,(H,22,25)/b15-11+. The lowest BCUT2D eigenvalue weighted by molar-refractivity contribution is -0.143. The molecule has 142 valence electrons. The molecule has 2 rings (SSSR count). The second kappa shape index (κ2) is 9.55. The largest absolute Gasteiger partial charge is 0.465 e. The van der Waals surface area contributed by atoms with Gasteiger partial charge in [0.25, 0.3) is 5.91 Å². The van der Waals surface area contributed by atoms with Crippen LogP contribution >= 0.6 is 0 Å². The average molecular weight is 369 g/mol. The van der Waals surface area contributed by atoms with Gasteiger partial charge in [0.05, 0.1) is 13.2 Å². The van der Waals surface area contributed by atoms with Gasteiger partial charge in [-0.1, -0.05) is 18.2 Å². The average Bonchev–Trinajstić information content (AvgIpc) is 2.91. The molecule has 27 heavy (non-hydrogen) atoms. The van der Waals surface area contributed by atoms with Gasteiger partial charge >= 0.3 is 5.97 Å². The fraction of sp³-hybridized carbons (Fsp3) is 0.350. The van der Waals surface area contributed by atoms with Crippen LogP contribution in [0.3, 0.4) is 0 Å². The van der Waals surface area contributed by atoms with Crippen molar-refractivity contribution in [1.29, 1.82) is 5.26 Å². The molecular weight excluding hydrogens is 346 g/mol. The van der Waals surface area contributed by atoms with Crippen LogP contribution in [0.2, 0.25) is 0 Å². The summed E-state index contributed by atoms with van der Waals surface area (Å²) in [5.41, 5.74) is 2.34. The second-order valence-corrected chi connectivity index (χ2v) is 5.83. The maximum Gasteiger partial charge on any atom is 0.325 e. The molecule has 7 heteroatoms. The first-order chi connectivity index (χ1) is 13.0. The van der Waals surface area contributed by atoms with E-state index in [1.807, 2.05) is 41.8 Å². The number of carbonyl (C=O) groups is 2. The quantitative estimate of drug-likeness (QED) is 0.333. The van der Waals surface area contributed by atoms with Crippen LogP contribution in [0.25, 0.3) is 17.0 Å². The number of fused-ring (bicyclic) bond motifs is 1. The lowest BCUT2D eigenvalue weighted by atomic mass is 10.1. The predicted molar refractivity (Wildman–Crippen MR) is 102 cm³/mol. The Morgan fingerprint density at radius 3 is 2.74 bits per heavy atom. The summed E-state index contributed by atoms with van der Waals surface area (Å²) in [7, 11) is 1.54. The maximum absolute atomic E-state index is 12.2. The van der Waals surface area contributed by atoms with E-state index in [2.05, 4.69) is 5.32 Å². The highest BCUT2D eigenvalue weighted by Gasteiger charge is 2.17. The lowest BCUT2D eigenvalue weighted by Crippen LogP contribution is -2.27. The minimum atomic E-state index is -0.462. The van der Waals surface area contributed by atoms with Gasteiger partial charge in [0, 0.05) is 35.8 Å². The highest BCUT2D eigenvalue weighted by Crippen LogP contribution is 2.28. The molecule has 0 saturated carbocycles. The third-order valence-corrected chi connectivity index (χ3v) is 4.12. The SMILES string of the molecule is CCOC(=O)Cn1c(C)c(/C=C(\C#N)C(=O)NCCOC)c2ccccc21. The molecule has 1 heterocycles. The van der Waals surface area contributed by atoms with Gasteiger partial charge in [-0.25, -0.2) is 0 Å². The van der Waals surface area contributed by atoms with Crippen molar-refractivity contribution in [3.05, 3.63) is 41.1 Å². The van der Waals surface area contributed by atoms with Gasteiger partial charge in [0.1, 0.15) is 18.2 Å². The van der Waals surface area contributed by atoms with Gasteiger partial charge in [0.15, 0.2) is 0 Å². The molecule has 2 aromatic rings. The molecule has 0 bridgehead atoms. The number of aromatic nitrogens is 1. The first-order valence-electron chi connectivity index (χ1n) is 8.65. The summed E-state index contributed by atoms with van der Waals surface area (Å²) in [4.78, 5) is 24.2. The van der Waals surface area contributed by atoms with Crippen molar-refractivity contribution in [3.8, 4) is 6.07 Å². The summed E-state index contributed by atoms with van der Waals surface area (Å²) in [6.07, 6.45) is 1.56. The van der Waals surface area contributed by atoms with E-state index in [0.29, 0.717) is 19.8 Å². The van der Waals surface area contributed by atoms with Crippen molar-refractivity contribution in [2.75, 3.05) is 26.9 Å². The maximum atomic E-state index is 12.2. The van der Waals surface area contributed by atoms with Gasteiger partial charge in [-0.05, 0) is 26.0 Å². The van der Waals surface area contributed by atoms with Crippen LogP contribution in [0.4, 0.5) is 0 Å². The first-order valence-corrected chi connectivity index (χ1v) is 8.65. The number of para-hydroxylation sites is 1. The number of nitriles is 1. The number of ether oxygens (including phenoxy) is 2. The molecule has 0 saturated heterocycles. The van der Waals surface area contributed by atoms with Gasteiger partial charge < -0.3 is 19.4 Å². The third-order valence-electron chi connectivity index (χ3n) is 4.12. The zero-order chi connectivity index (χ0) is 19.8. The summed E-state index contributed by atoms with van der Waals surface area (Å²) < 4.78 is 11.8. The molecule has 0 spiro atoms. The first kappa shape index (κ1) is 20.2. The number of nitrogens with one attached hydrogen (secondary N) is 1. The Balaban J connectivity index is 2.45. The molecule has 7 nitrogen and oxygen atoms in total. The Morgan fingerprint density at radius 2 is 2.07 bits per heavy atom. The van der Waals surface area contributed by atoms with Crippen molar-refractivity contribution < 1.29 is 19.1 Å². The molecule has 0 fully saturated rings. The molecule has 0 unspecified atom stereocenters. The monoisotopic (exact) mass is 369 g/mol. The minimum absolute atomic E-state index is 0.00626. The van der Waals surface area contributed by atoms with E-state index >= 15 is 0 Å². The number of amides is 1. The predicted octanol–water partition coefficient (Wildman–Crippen LogP) is 2.18. The van der Waals surface area contributed by atoms with Gasteiger partial charge in [0.2, 0.25) is 0 Å². The van der Waals surface area contributed by atoms with Crippen molar-refractivity contribution in [2.24, 2.45) is 0 Å². The summed E-state index contributed by atoms with van der Waals surface area (Å²) in [5.74, 6) is -0.800. The molecule has 0 aliphatic heterocycles. The molecule has 0 atom stereocenters. The van der Waals surface area contributed by atoms with Crippen LogP contribution in [0, 0.1) is 18.3 Å². The molecule has 0 aliphatic carbocycles. The zero-order valence-electron chi connectivity index (χ0n) is 15.7. The summed E-state index contributed by atoms with van der Waals surface area (Å²) in [6.45, 7) is 4.66. The molecule has 1 amide bonds. The van der Waals surface area contributed by atoms with Gasteiger partial charge in [-0.2, -0.15) is 5.26 Å². The van der Waals surface area contributed by atoms with E-state index in [1.165, 1.54) is 7.11 Å². The number of hydrogen-bond acceptors (Lipinski definition) is 5. The van der Waals surface area contributed by atoms with Crippen molar-refractivity contribution in [1.82, 2.24) is 9.88 Å². The van der Waals surface area contributed by atoms with E-state index < -0.39 is 5.91 Å². The van der Waals surface area contributed by atoms with Crippen LogP contribution in [0.1, 0.15) is 18.2 Å². The number of nitrogens with zero attached hydrogens (tertiary/aromatic N) is 2. The van der Waals surface area contributed by atoms with Crippen LogP contribution < -0.4 is 5.32 Å². The number of methoxy groups -OCH3 is 1. The molecule has 1 aromatic heterocycles. The summed E-state index contributed by atoms with van der Waals surface area (Å²) in [6, 6.07) is 9.48.